The smallest absolute Gasteiger partial charge is 0.271 e. The Kier molecular flexibility index (Phi) is 4.11. The van der Waals surface area contributed by atoms with Gasteiger partial charge in [0.1, 0.15) is 5.75 Å². The lowest BCUT2D eigenvalue weighted by molar-refractivity contribution is 0.0928. The number of nitrogens with one attached hydrogen (secondary N) is 1. The van der Waals surface area contributed by atoms with E-state index in [4.69, 9.17) is 4.74 Å². The minimum absolute atomic E-state index is 0.133. The van der Waals surface area contributed by atoms with Crippen LogP contribution in [0.3, 0.4) is 0 Å². The third-order valence-electron chi connectivity index (χ3n) is 4.94. The number of aromatic nitrogens is 3. The third-order valence-corrected chi connectivity index (χ3v) is 4.94. The number of aryl methyl sites for hydroxylation is 1. The highest BCUT2D eigenvalue weighted by molar-refractivity contribution is 5.93. The molecule has 6 heteroatoms. The van der Waals surface area contributed by atoms with Gasteiger partial charge in [-0.25, -0.2) is 9.50 Å². The van der Waals surface area contributed by atoms with E-state index in [0.29, 0.717) is 17.3 Å². The third kappa shape index (κ3) is 3.03. The van der Waals surface area contributed by atoms with Gasteiger partial charge in [-0.15, -0.1) is 0 Å². The second kappa shape index (κ2) is 6.44. The van der Waals surface area contributed by atoms with Crippen LogP contribution in [0.2, 0.25) is 0 Å². The zero-order valence-electron chi connectivity index (χ0n) is 15.2. The molecular weight excluding hydrogens is 328 g/mol. The summed E-state index contributed by atoms with van der Waals surface area (Å²) in [5, 5.41) is 7.74. The Labute approximate surface area is 152 Å². The molecule has 1 atom stereocenters. The molecule has 134 valence electrons. The van der Waals surface area contributed by atoms with Crippen LogP contribution in [0.1, 0.15) is 35.8 Å². The minimum atomic E-state index is -0.133. The Balaban J connectivity index is 1.73. The van der Waals surface area contributed by atoms with Crippen molar-refractivity contribution in [3.8, 4) is 17.0 Å². The monoisotopic (exact) mass is 350 g/mol. The molecule has 2 aromatic heterocycles. The van der Waals surface area contributed by atoms with E-state index in [1.165, 1.54) is 12.8 Å². The number of amides is 1. The molecular formula is C20H22N4O2. The molecule has 0 bridgehead atoms. The summed E-state index contributed by atoms with van der Waals surface area (Å²) >= 11 is 0. The molecule has 1 fully saturated rings. The summed E-state index contributed by atoms with van der Waals surface area (Å²) in [4.78, 5) is 17.1. The number of rotatable bonds is 5. The molecule has 1 N–H and O–H groups in total. The number of fused-ring (bicyclic) bond motifs is 1. The number of nitrogens with zero attached hydrogens (tertiary/aromatic N) is 3. The number of carbonyl (C=O) groups is 1. The molecule has 1 aliphatic carbocycles. The average Bonchev–Trinajstić information content (AvgIpc) is 3.41. The SMILES string of the molecule is COc1cccc(-c2cc(C)c3ncc(C(=O)NC(C)C4CC4)n3n2)c1. The molecule has 0 spiro atoms. The lowest BCUT2D eigenvalue weighted by atomic mass is 10.1. The fraction of sp³-hybridized carbons (Fsp3) is 0.350. The average molecular weight is 350 g/mol. The largest absolute Gasteiger partial charge is 0.497 e. The first-order valence-corrected chi connectivity index (χ1v) is 8.87. The van der Waals surface area contributed by atoms with Crippen molar-refractivity contribution in [2.75, 3.05) is 7.11 Å². The number of ether oxygens (including phenoxy) is 1. The quantitative estimate of drug-likeness (QED) is 0.767. The van der Waals surface area contributed by atoms with Gasteiger partial charge >= 0.3 is 0 Å². The standard InChI is InChI=1S/C20H22N4O2/c1-12-9-17(15-5-4-6-16(10-15)26-3)23-24-18(11-21-19(12)24)20(25)22-13(2)14-7-8-14/h4-6,9-11,13-14H,7-8H2,1-3H3,(H,22,25). The van der Waals surface area contributed by atoms with E-state index in [1.54, 1.807) is 17.8 Å². The summed E-state index contributed by atoms with van der Waals surface area (Å²) in [6.07, 6.45) is 3.97. The van der Waals surface area contributed by atoms with Crippen LogP contribution in [0.15, 0.2) is 36.5 Å². The van der Waals surface area contributed by atoms with Crippen molar-refractivity contribution in [2.45, 2.75) is 32.7 Å². The molecule has 2 heterocycles. The zero-order valence-corrected chi connectivity index (χ0v) is 15.2. The number of methoxy groups -OCH3 is 1. The van der Waals surface area contributed by atoms with Crippen LogP contribution in [0.4, 0.5) is 0 Å². The van der Waals surface area contributed by atoms with E-state index in [-0.39, 0.29) is 11.9 Å². The first-order chi connectivity index (χ1) is 12.6. The lowest BCUT2D eigenvalue weighted by Crippen LogP contribution is -2.34. The Morgan fingerprint density at radius 2 is 2.15 bits per heavy atom. The molecule has 0 radical (unpaired) electrons. The van der Waals surface area contributed by atoms with Crippen molar-refractivity contribution >= 4 is 11.6 Å². The van der Waals surface area contributed by atoms with E-state index < -0.39 is 0 Å². The van der Waals surface area contributed by atoms with Crippen LogP contribution in [0, 0.1) is 12.8 Å². The van der Waals surface area contributed by atoms with Gasteiger partial charge < -0.3 is 10.1 Å². The maximum Gasteiger partial charge on any atom is 0.271 e. The number of hydrogen-bond acceptors (Lipinski definition) is 4. The Bertz CT molecular complexity index is 975. The van der Waals surface area contributed by atoms with Crippen LogP contribution >= 0.6 is 0 Å². The second-order valence-electron chi connectivity index (χ2n) is 6.92. The Morgan fingerprint density at radius 1 is 1.35 bits per heavy atom. The van der Waals surface area contributed by atoms with Crippen molar-refractivity contribution in [1.82, 2.24) is 19.9 Å². The van der Waals surface area contributed by atoms with E-state index in [1.807, 2.05) is 37.3 Å². The highest BCUT2D eigenvalue weighted by atomic mass is 16.5. The van der Waals surface area contributed by atoms with Crippen LogP contribution in [-0.2, 0) is 0 Å². The first kappa shape index (κ1) is 16.6. The number of hydrogen-bond donors (Lipinski definition) is 1. The van der Waals surface area contributed by atoms with Gasteiger partial charge in [-0.05, 0) is 56.4 Å². The van der Waals surface area contributed by atoms with Gasteiger partial charge in [0.2, 0.25) is 0 Å². The van der Waals surface area contributed by atoms with Crippen LogP contribution in [0.5, 0.6) is 5.75 Å². The zero-order chi connectivity index (χ0) is 18.3. The Hall–Kier alpha value is -2.89. The fourth-order valence-corrected chi connectivity index (χ4v) is 3.20. The topological polar surface area (TPSA) is 68.5 Å². The highest BCUT2D eigenvalue weighted by Gasteiger charge is 2.29. The van der Waals surface area contributed by atoms with Gasteiger partial charge in [0.15, 0.2) is 11.3 Å². The van der Waals surface area contributed by atoms with E-state index in [0.717, 1.165) is 22.6 Å². The number of imidazole rings is 1. The summed E-state index contributed by atoms with van der Waals surface area (Å²) in [5.74, 6) is 1.23. The highest BCUT2D eigenvalue weighted by Crippen LogP contribution is 2.32. The summed E-state index contributed by atoms with van der Waals surface area (Å²) < 4.78 is 6.94. The molecule has 1 unspecified atom stereocenters. The summed E-state index contributed by atoms with van der Waals surface area (Å²) in [5.41, 5.74) is 3.82. The normalized spacial score (nSPS) is 15.0. The molecule has 4 rings (SSSR count). The van der Waals surface area contributed by atoms with Crippen molar-refractivity contribution < 1.29 is 9.53 Å². The maximum atomic E-state index is 12.7. The van der Waals surface area contributed by atoms with Crippen molar-refractivity contribution in [1.29, 1.82) is 0 Å². The second-order valence-corrected chi connectivity index (χ2v) is 6.92. The van der Waals surface area contributed by atoms with Crippen LogP contribution in [0.25, 0.3) is 16.9 Å². The van der Waals surface area contributed by atoms with Gasteiger partial charge in [0, 0.05) is 11.6 Å². The number of carbonyl (C=O) groups excluding carboxylic acids is 1. The molecule has 3 aromatic rings. The molecule has 1 aromatic carbocycles. The lowest BCUT2D eigenvalue weighted by Gasteiger charge is -2.12. The Morgan fingerprint density at radius 3 is 2.88 bits per heavy atom. The van der Waals surface area contributed by atoms with E-state index in [9.17, 15) is 4.79 Å². The van der Waals surface area contributed by atoms with E-state index >= 15 is 0 Å². The number of benzene rings is 1. The molecule has 6 nitrogen and oxygen atoms in total. The molecule has 26 heavy (non-hydrogen) atoms. The molecule has 0 aliphatic heterocycles. The van der Waals surface area contributed by atoms with Gasteiger partial charge in [0.25, 0.3) is 5.91 Å². The first-order valence-electron chi connectivity index (χ1n) is 8.87. The molecule has 1 saturated carbocycles. The summed E-state index contributed by atoms with van der Waals surface area (Å²) in [7, 11) is 1.64. The van der Waals surface area contributed by atoms with Gasteiger partial charge in [-0.2, -0.15) is 5.10 Å². The summed E-state index contributed by atoms with van der Waals surface area (Å²) in [6, 6.07) is 9.88. The van der Waals surface area contributed by atoms with Crippen molar-refractivity contribution in [2.24, 2.45) is 5.92 Å². The van der Waals surface area contributed by atoms with E-state index in [2.05, 4.69) is 22.3 Å². The predicted octanol–water partition coefficient (Wildman–Crippen LogP) is 3.24. The predicted molar refractivity (Wildman–Crippen MR) is 99.4 cm³/mol. The van der Waals surface area contributed by atoms with Crippen molar-refractivity contribution in [3.63, 3.8) is 0 Å². The van der Waals surface area contributed by atoms with Crippen molar-refractivity contribution in [3.05, 3.63) is 47.8 Å². The van der Waals surface area contributed by atoms with Crippen LogP contribution < -0.4 is 10.1 Å². The van der Waals surface area contributed by atoms with Gasteiger partial charge in [-0.1, -0.05) is 12.1 Å². The fourth-order valence-electron chi connectivity index (χ4n) is 3.20. The van der Waals surface area contributed by atoms with Crippen LogP contribution in [-0.4, -0.2) is 33.7 Å². The summed E-state index contributed by atoms with van der Waals surface area (Å²) in [6.45, 7) is 4.03. The minimum Gasteiger partial charge on any atom is -0.497 e. The molecule has 1 aliphatic rings. The molecule has 1 amide bonds. The maximum absolute atomic E-state index is 12.7. The van der Waals surface area contributed by atoms with Gasteiger partial charge in [-0.3, -0.25) is 4.79 Å². The molecule has 0 saturated heterocycles. The van der Waals surface area contributed by atoms with Gasteiger partial charge in [0.05, 0.1) is 19.0 Å².